The van der Waals surface area contributed by atoms with Crippen LogP contribution in [0.15, 0.2) is 84.9 Å². The van der Waals surface area contributed by atoms with Gasteiger partial charge in [-0.2, -0.15) is 0 Å². The summed E-state index contributed by atoms with van der Waals surface area (Å²) in [5, 5.41) is 0.0667. The third kappa shape index (κ3) is 8.57. The van der Waals surface area contributed by atoms with Crippen LogP contribution in [0.5, 0.6) is 11.5 Å². The minimum absolute atomic E-state index is 0.00135. The normalized spacial score (nSPS) is 11.1. The Morgan fingerprint density at radius 3 is 1.07 bits per heavy atom. The van der Waals surface area contributed by atoms with E-state index in [0.29, 0.717) is 5.56 Å². The van der Waals surface area contributed by atoms with E-state index in [9.17, 15) is 0 Å². The summed E-state index contributed by atoms with van der Waals surface area (Å²) in [6, 6.07) is 25.8. The van der Waals surface area contributed by atoms with Crippen molar-refractivity contribution in [3.8, 4) is 23.3 Å². The lowest BCUT2D eigenvalue weighted by Crippen LogP contribution is -2.10. The summed E-state index contributed by atoms with van der Waals surface area (Å²) in [7, 11) is 3.24. The number of halogens is 12. The first-order chi connectivity index (χ1) is 26.7. The molecule has 0 bridgehead atoms. The number of methoxy groups -OCH3 is 2. The van der Waals surface area contributed by atoms with Gasteiger partial charge in [-0.15, -0.1) is 0 Å². The Hall–Kier alpha value is -2.24. The molecule has 0 N–H and O–H groups in total. The van der Waals surface area contributed by atoms with Gasteiger partial charge in [-0.1, -0.05) is 151 Å². The Morgan fingerprint density at radius 1 is 0.411 bits per heavy atom. The van der Waals surface area contributed by atoms with E-state index < -0.39 is 5.92 Å². The van der Waals surface area contributed by atoms with Gasteiger partial charge in [0.05, 0.1) is 80.1 Å². The molecule has 0 aliphatic rings. The van der Waals surface area contributed by atoms with E-state index in [4.69, 9.17) is 149 Å². The van der Waals surface area contributed by atoms with E-state index >= 15 is 0 Å². The zero-order valence-electron chi connectivity index (χ0n) is 28.5. The van der Waals surface area contributed by atoms with E-state index in [0.717, 1.165) is 28.6 Å². The van der Waals surface area contributed by atoms with Crippen molar-refractivity contribution in [2.24, 2.45) is 0 Å². The smallest absolute Gasteiger partial charge is 0.119 e. The average Bonchev–Trinajstić information content (AvgIpc) is 3.19. The highest BCUT2D eigenvalue weighted by Crippen LogP contribution is 2.56. The van der Waals surface area contributed by atoms with Crippen molar-refractivity contribution in [1.82, 2.24) is 0 Å². The second-order valence-corrected chi connectivity index (χ2v) is 16.4. The van der Waals surface area contributed by atoms with Crippen molar-refractivity contribution in [2.45, 2.75) is 5.92 Å². The summed E-state index contributed by atoms with van der Waals surface area (Å²) >= 11 is 81.2. The van der Waals surface area contributed by atoms with Crippen LogP contribution in [0.2, 0.25) is 60.3 Å². The van der Waals surface area contributed by atoms with Gasteiger partial charge in [0.2, 0.25) is 0 Å². The van der Waals surface area contributed by atoms with Crippen molar-refractivity contribution in [2.75, 3.05) is 19.1 Å². The molecule has 0 radical (unpaired) electrons. The van der Waals surface area contributed by atoms with Gasteiger partial charge in [0.15, 0.2) is 0 Å². The number of nitrogens with zero attached hydrogens (tertiary/aromatic N) is 1. The SMILES string of the molecule is COc1ccc(N(c2ccc(C#Cc3c(Cl)c(Cl)c(C(c4c(Cl)c(Cl)cc(Cl)c4Cl)c4c(Cl)c(Cl)cc(Cl)c4Cl)c(Cl)c3Cl)cc2)c2ccc(OC)cc2)cc1. The van der Waals surface area contributed by atoms with E-state index in [1.807, 2.05) is 72.8 Å². The van der Waals surface area contributed by atoms with Gasteiger partial charge in [-0.25, -0.2) is 0 Å². The molecule has 0 saturated heterocycles. The molecule has 0 saturated carbocycles. The quantitative estimate of drug-likeness (QED) is 0.0862. The highest BCUT2D eigenvalue weighted by atomic mass is 35.5. The average molecular weight is 985 g/mol. The number of anilines is 3. The molecule has 0 amide bonds. The van der Waals surface area contributed by atoms with Crippen molar-refractivity contribution < 1.29 is 9.47 Å². The molecular weight excluding hydrogens is 964 g/mol. The lowest BCUT2D eigenvalue weighted by atomic mass is 9.84. The van der Waals surface area contributed by atoms with E-state index in [2.05, 4.69) is 16.7 Å². The molecule has 286 valence electrons. The van der Waals surface area contributed by atoms with Crippen LogP contribution < -0.4 is 14.4 Å². The molecule has 6 aromatic rings. The molecular formula is C41H21Cl12NO2. The first kappa shape index (κ1) is 43.3. The maximum absolute atomic E-state index is 7.06. The highest BCUT2D eigenvalue weighted by Gasteiger charge is 2.36. The lowest BCUT2D eigenvalue weighted by Gasteiger charge is -2.27. The van der Waals surface area contributed by atoms with Crippen LogP contribution in [0.4, 0.5) is 17.1 Å². The second kappa shape index (κ2) is 18.4. The van der Waals surface area contributed by atoms with E-state index in [-0.39, 0.29) is 82.5 Å². The fourth-order valence-corrected chi connectivity index (χ4v) is 9.14. The number of ether oxygens (including phenoxy) is 2. The molecule has 6 aromatic carbocycles. The first-order valence-electron chi connectivity index (χ1n) is 15.9. The third-order valence-corrected chi connectivity index (χ3v) is 13.5. The molecule has 15 heteroatoms. The number of hydrogen-bond acceptors (Lipinski definition) is 3. The minimum Gasteiger partial charge on any atom is -0.497 e. The molecule has 0 aliphatic carbocycles. The third-order valence-electron chi connectivity index (χ3n) is 8.57. The van der Waals surface area contributed by atoms with Crippen LogP contribution in [-0.2, 0) is 0 Å². The Balaban J connectivity index is 1.46. The predicted octanol–water partition coefficient (Wildman–Crippen LogP) is 17.6. The Kier molecular flexibility index (Phi) is 14.2. The van der Waals surface area contributed by atoms with Gasteiger partial charge in [0, 0.05) is 45.2 Å². The minimum atomic E-state index is -1.19. The number of hydrogen-bond donors (Lipinski definition) is 0. The summed E-state index contributed by atoms with van der Waals surface area (Å²) in [6.07, 6.45) is 0. The summed E-state index contributed by atoms with van der Waals surface area (Å²) < 4.78 is 10.7. The summed E-state index contributed by atoms with van der Waals surface area (Å²) in [5.74, 6) is 6.42. The Bertz CT molecular complexity index is 2340. The summed E-state index contributed by atoms with van der Waals surface area (Å²) in [6.45, 7) is 0. The largest absolute Gasteiger partial charge is 0.497 e. The van der Waals surface area contributed by atoms with Gasteiger partial charge >= 0.3 is 0 Å². The van der Waals surface area contributed by atoms with Crippen molar-refractivity contribution in [1.29, 1.82) is 0 Å². The van der Waals surface area contributed by atoms with Crippen molar-refractivity contribution in [3.05, 3.63) is 173 Å². The van der Waals surface area contributed by atoms with Gasteiger partial charge < -0.3 is 14.4 Å². The topological polar surface area (TPSA) is 21.7 Å². The Labute approximate surface area is 383 Å². The molecule has 0 aromatic heterocycles. The van der Waals surface area contributed by atoms with Crippen LogP contribution in [0.3, 0.4) is 0 Å². The highest BCUT2D eigenvalue weighted by molar-refractivity contribution is 6.52. The van der Waals surface area contributed by atoms with Crippen LogP contribution in [0.25, 0.3) is 0 Å². The summed E-state index contributed by atoms with van der Waals surface area (Å²) in [5.41, 5.74) is 3.85. The monoisotopic (exact) mass is 979 g/mol. The fraction of sp³-hybridized carbons (Fsp3) is 0.0732. The second-order valence-electron chi connectivity index (χ2n) is 11.8. The van der Waals surface area contributed by atoms with Crippen molar-refractivity contribution >= 4 is 156 Å². The zero-order valence-corrected chi connectivity index (χ0v) is 37.5. The van der Waals surface area contributed by atoms with Crippen molar-refractivity contribution in [3.63, 3.8) is 0 Å². The molecule has 3 nitrogen and oxygen atoms in total. The van der Waals surface area contributed by atoms with E-state index in [1.165, 1.54) is 12.1 Å². The maximum Gasteiger partial charge on any atom is 0.119 e. The van der Waals surface area contributed by atoms with Gasteiger partial charge in [-0.3, -0.25) is 0 Å². The zero-order chi connectivity index (χ0) is 40.6. The fourth-order valence-electron chi connectivity index (χ4n) is 5.87. The standard InChI is InChI=1S/C41H21Cl12NO2/c1-55-23-12-8-21(9-13-23)54(22-10-14-24(56-2)15-11-22)20-6-3-19(4-7-20)5-16-25-34(46)40(52)33(41(53)35(25)47)30(31-36(48)26(42)17-27(43)37(31)49)32-38(50)28(44)18-29(45)39(32)51/h3-4,6-15,17-18,30H,1-2H3. The number of benzene rings is 6. The van der Waals surface area contributed by atoms with Crippen LogP contribution in [-0.4, -0.2) is 14.2 Å². The number of rotatable bonds is 8. The molecule has 6 rings (SSSR count). The molecule has 0 atom stereocenters. The van der Waals surface area contributed by atoms with Gasteiger partial charge in [0.25, 0.3) is 0 Å². The molecule has 56 heavy (non-hydrogen) atoms. The molecule has 0 spiro atoms. The lowest BCUT2D eigenvalue weighted by molar-refractivity contribution is 0.415. The maximum atomic E-state index is 7.06. The molecule has 0 aliphatic heterocycles. The molecule has 0 unspecified atom stereocenters. The summed E-state index contributed by atoms with van der Waals surface area (Å²) in [4.78, 5) is 2.08. The van der Waals surface area contributed by atoms with Crippen LogP contribution >= 0.6 is 139 Å². The molecule has 0 fully saturated rings. The van der Waals surface area contributed by atoms with Crippen LogP contribution in [0, 0.1) is 11.8 Å². The first-order valence-corrected chi connectivity index (χ1v) is 20.4. The molecule has 0 heterocycles. The van der Waals surface area contributed by atoms with Crippen LogP contribution in [0.1, 0.15) is 33.7 Å². The van der Waals surface area contributed by atoms with Gasteiger partial charge in [-0.05, 0) is 84.9 Å². The predicted molar refractivity (Wildman–Crippen MR) is 241 cm³/mol. The Morgan fingerprint density at radius 2 is 0.732 bits per heavy atom. The van der Waals surface area contributed by atoms with E-state index in [1.54, 1.807) is 14.2 Å². The van der Waals surface area contributed by atoms with Gasteiger partial charge in [0.1, 0.15) is 11.5 Å².